The van der Waals surface area contributed by atoms with E-state index >= 15 is 0 Å². The summed E-state index contributed by atoms with van der Waals surface area (Å²) in [4.78, 5) is 10.7. The zero-order valence-electron chi connectivity index (χ0n) is 8.36. The number of rotatable bonds is 4. The van der Waals surface area contributed by atoms with E-state index in [9.17, 15) is 23.3 Å². The normalized spacial score (nSPS) is 10.6. The van der Waals surface area contributed by atoms with Gasteiger partial charge in [-0.05, 0) is 6.07 Å². The summed E-state index contributed by atoms with van der Waals surface area (Å²) in [6.45, 7) is -0.611. The number of benzene rings is 1. The van der Waals surface area contributed by atoms with E-state index in [1.54, 1.807) is 0 Å². The summed E-state index contributed by atoms with van der Waals surface area (Å²) in [5.74, 6) is -0.828. The molecular formula is C9H9F3N2O2. The van der Waals surface area contributed by atoms with Gasteiger partial charge in [0, 0.05) is 18.8 Å². The maximum absolute atomic E-state index is 13.0. The van der Waals surface area contributed by atoms with Gasteiger partial charge in [0.15, 0.2) is 0 Å². The summed E-state index contributed by atoms with van der Waals surface area (Å²) >= 11 is 0. The monoisotopic (exact) mass is 234 g/mol. The van der Waals surface area contributed by atoms with Crippen LogP contribution in [0.25, 0.3) is 0 Å². The van der Waals surface area contributed by atoms with Crippen molar-refractivity contribution in [2.75, 3.05) is 18.5 Å². The standard InChI is InChI=1S/C9H9F3N2O2/c1-13(5-9(11)12)7-2-6(10)3-8(4-7)14(15)16/h2-4,9H,5H2,1H3. The van der Waals surface area contributed by atoms with Crippen LogP contribution in [0.2, 0.25) is 0 Å². The molecule has 0 aliphatic carbocycles. The van der Waals surface area contributed by atoms with Crippen LogP contribution in [-0.2, 0) is 0 Å². The molecule has 0 fully saturated rings. The van der Waals surface area contributed by atoms with E-state index in [1.807, 2.05) is 0 Å². The van der Waals surface area contributed by atoms with Crippen molar-refractivity contribution in [2.24, 2.45) is 0 Å². The minimum Gasteiger partial charge on any atom is -0.369 e. The number of non-ortho nitro benzene ring substituents is 1. The van der Waals surface area contributed by atoms with Gasteiger partial charge < -0.3 is 4.90 Å². The summed E-state index contributed by atoms with van der Waals surface area (Å²) in [5.41, 5.74) is -0.414. The summed E-state index contributed by atoms with van der Waals surface area (Å²) in [6, 6.07) is 2.75. The molecule has 0 amide bonds. The SMILES string of the molecule is CN(CC(F)F)c1cc(F)cc([N+](=O)[O-])c1. The largest absolute Gasteiger partial charge is 0.369 e. The summed E-state index contributed by atoms with van der Waals surface area (Å²) in [5, 5.41) is 10.4. The molecule has 0 spiro atoms. The third-order valence-electron chi connectivity index (χ3n) is 1.93. The molecule has 0 atom stereocenters. The van der Waals surface area contributed by atoms with Crippen LogP contribution in [0.3, 0.4) is 0 Å². The van der Waals surface area contributed by atoms with Crippen LogP contribution < -0.4 is 4.90 Å². The number of nitrogens with zero attached hydrogens (tertiary/aromatic N) is 2. The molecule has 0 heterocycles. The molecule has 0 unspecified atom stereocenters. The minimum atomic E-state index is -2.59. The molecule has 0 aliphatic rings. The molecule has 7 heteroatoms. The van der Waals surface area contributed by atoms with Crippen molar-refractivity contribution < 1.29 is 18.1 Å². The van der Waals surface area contributed by atoms with Gasteiger partial charge in [-0.1, -0.05) is 0 Å². The van der Waals surface area contributed by atoms with Crippen molar-refractivity contribution in [2.45, 2.75) is 6.43 Å². The maximum Gasteiger partial charge on any atom is 0.274 e. The fraction of sp³-hybridized carbons (Fsp3) is 0.333. The highest BCUT2D eigenvalue weighted by molar-refractivity contribution is 5.53. The first-order chi connectivity index (χ1) is 7.40. The highest BCUT2D eigenvalue weighted by Crippen LogP contribution is 2.22. The Morgan fingerprint density at radius 1 is 1.44 bits per heavy atom. The van der Waals surface area contributed by atoms with Crippen LogP contribution in [-0.4, -0.2) is 24.9 Å². The number of hydrogen-bond donors (Lipinski definition) is 0. The molecule has 0 radical (unpaired) electrons. The van der Waals surface area contributed by atoms with Gasteiger partial charge in [-0.3, -0.25) is 10.1 Å². The second-order valence-corrected chi connectivity index (χ2v) is 3.20. The molecule has 0 aliphatic heterocycles. The Morgan fingerprint density at radius 3 is 2.56 bits per heavy atom. The van der Waals surface area contributed by atoms with E-state index in [-0.39, 0.29) is 5.69 Å². The van der Waals surface area contributed by atoms with E-state index in [0.717, 1.165) is 23.1 Å². The van der Waals surface area contributed by atoms with Crippen LogP contribution in [0.5, 0.6) is 0 Å². The Hall–Kier alpha value is -1.79. The molecule has 0 saturated carbocycles. The first-order valence-corrected chi connectivity index (χ1v) is 4.34. The van der Waals surface area contributed by atoms with E-state index < -0.39 is 29.4 Å². The van der Waals surface area contributed by atoms with Gasteiger partial charge in [0.05, 0.1) is 17.5 Å². The van der Waals surface area contributed by atoms with E-state index in [2.05, 4.69) is 0 Å². The van der Waals surface area contributed by atoms with Crippen LogP contribution in [0.15, 0.2) is 18.2 Å². The van der Waals surface area contributed by atoms with Gasteiger partial charge in [0.1, 0.15) is 5.82 Å². The molecule has 16 heavy (non-hydrogen) atoms. The smallest absolute Gasteiger partial charge is 0.274 e. The average Bonchev–Trinajstić information content (AvgIpc) is 2.15. The van der Waals surface area contributed by atoms with Crippen molar-refractivity contribution in [1.82, 2.24) is 0 Å². The van der Waals surface area contributed by atoms with Crippen molar-refractivity contribution in [3.63, 3.8) is 0 Å². The van der Waals surface area contributed by atoms with Gasteiger partial charge >= 0.3 is 0 Å². The fourth-order valence-electron chi connectivity index (χ4n) is 1.20. The van der Waals surface area contributed by atoms with Gasteiger partial charge in [-0.25, -0.2) is 13.2 Å². The van der Waals surface area contributed by atoms with Gasteiger partial charge in [0.2, 0.25) is 0 Å². The predicted octanol–water partition coefficient (Wildman–Crippen LogP) is 2.44. The molecule has 0 N–H and O–H groups in total. The van der Waals surface area contributed by atoms with Crippen LogP contribution >= 0.6 is 0 Å². The third-order valence-corrected chi connectivity index (χ3v) is 1.93. The fourth-order valence-corrected chi connectivity index (χ4v) is 1.20. The molecule has 0 saturated heterocycles. The number of nitro groups is 1. The van der Waals surface area contributed by atoms with Gasteiger partial charge in [-0.15, -0.1) is 0 Å². The highest BCUT2D eigenvalue weighted by Gasteiger charge is 2.14. The number of nitro benzene ring substituents is 1. The Labute approximate surface area is 89.4 Å². The van der Waals surface area contributed by atoms with Crippen molar-refractivity contribution >= 4 is 11.4 Å². The summed E-state index contributed by atoms with van der Waals surface area (Å²) in [6.07, 6.45) is -2.59. The van der Waals surface area contributed by atoms with Crippen LogP contribution in [0.1, 0.15) is 0 Å². The van der Waals surface area contributed by atoms with Crippen molar-refractivity contribution in [3.05, 3.63) is 34.1 Å². The summed E-state index contributed by atoms with van der Waals surface area (Å²) in [7, 11) is 1.31. The molecule has 0 aromatic heterocycles. The molecule has 1 aromatic carbocycles. The third kappa shape index (κ3) is 3.11. The van der Waals surface area contributed by atoms with E-state index in [4.69, 9.17) is 0 Å². The molecular weight excluding hydrogens is 225 g/mol. The second kappa shape index (κ2) is 4.82. The topological polar surface area (TPSA) is 46.4 Å². The Balaban J connectivity index is 3.00. The number of hydrogen-bond acceptors (Lipinski definition) is 3. The Kier molecular flexibility index (Phi) is 3.70. The van der Waals surface area contributed by atoms with Gasteiger partial charge in [-0.2, -0.15) is 0 Å². The lowest BCUT2D eigenvalue weighted by atomic mass is 10.2. The van der Waals surface area contributed by atoms with E-state index in [1.165, 1.54) is 7.05 Å². The molecule has 1 aromatic rings. The summed E-state index contributed by atoms with van der Waals surface area (Å²) < 4.78 is 37.1. The Morgan fingerprint density at radius 2 is 2.06 bits per heavy atom. The lowest BCUT2D eigenvalue weighted by Crippen LogP contribution is -2.24. The second-order valence-electron chi connectivity index (χ2n) is 3.20. The first-order valence-electron chi connectivity index (χ1n) is 4.34. The maximum atomic E-state index is 13.0. The first kappa shape index (κ1) is 12.3. The zero-order valence-corrected chi connectivity index (χ0v) is 8.36. The number of anilines is 1. The molecule has 0 bridgehead atoms. The van der Waals surface area contributed by atoms with Crippen LogP contribution in [0.4, 0.5) is 24.5 Å². The van der Waals surface area contributed by atoms with E-state index in [0.29, 0.717) is 0 Å². The lowest BCUT2D eigenvalue weighted by molar-refractivity contribution is -0.385. The number of halogens is 3. The Bertz CT molecular complexity index is 398. The molecule has 88 valence electrons. The zero-order chi connectivity index (χ0) is 12.3. The average molecular weight is 234 g/mol. The molecule has 4 nitrogen and oxygen atoms in total. The van der Waals surface area contributed by atoms with Gasteiger partial charge in [0.25, 0.3) is 12.1 Å². The predicted molar refractivity (Wildman–Crippen MR) is 52.3 cm³/mol. The quantitative estimate of drug-likeness (QED) is 0.593. The molecule has 1 rings (SSSR count). The van der Waals surface area contributed by atoms with Crippen molar-refractivity contribution in [3.8, 4) is 0 Å². The minimum absolute atomic E-state index is 0.0481. The highest BCUT2D eigenvalue weighted by atomic mass is 19.3. The number of alkyl halides is 2. The van der Waals surface area contributed by atoms with Crippen molar-refractivity contribution in [1.29, 1.82) is 0 Å². The van der Waals surface area contributed by atoms with Crippen LogP contribution in [0, 0.1) is 15.9 Å². The lowest BCUT2D eigenvalue weighted by Gasteiger charge is -2.18.